The highest BCUT2D eigenvalue weighted by atomic mass is 35.5. The maximum Gasteiger partial charge on any atom is 0.514 e. The molecule has 0 bridgehead atoms. The van der Waals surface area contributed by atoms with Crippen LogP contribution in [0.5, 0.6) is 5.88 Å². The SMILES string of the molecule is COC(=O)Oc1ccc(Cl)c(=O)n1C. The quantitative estimate of drug-likeness (QED) is 0.663. The second kappa shape index (κ2) is 4.15. The molecule has 1 aromatic rings. The molecule has 0 amide bonds. The number of carbonyl (C=O) groups excluding carboxylic acids is 1. The summed E-state index contributed by atoms with van der Waals surface area (Å²) in [5.74, 6) is 0.0752. The molecule has 0 saturated carbocycles. The van der Waals surface area contributed by atoms with Crippen LogP contribution in [0, 0.1) is 0 Å². The molecule has 0 atom stereocenters. The van der Waals surface area contributed by atoms with Crippen LogP contribution in [0.1, 0.15) is 0 Å². The van der Waals surface area contributed by atoms with E-state index >= 15 is 0 Å². The molecule has 5 nitrogen and oxygen atoms in total. The van der Waals surface area contributed by atoms with Crippen LogP contribution < -0.4 is 10.3 Å². The summed E-state index contributed by atoms with van der Waals surface area (Å²) in [6.07, 6.45) is -0.887. The highest BCUT2D eigenvalue weighted by Crippen LogP contribution is 2.10. The fourth-order valence-electron chi connectivity index (χ4n) is 0.817. The average Bonchev–Trinajstić information content (AvgIpc) is 2.19. The van der Waals surface area contributed by atoms with Crippen molar-refractivity contribution in [3.63, 3.8) is 0 Å². The van der Waals surface area contributed by atoms with E-state index in [0.717, 1.165) is 4.57 Å². The van der Waals surface area contributed by atoms with Crippen molar-refractivity contribution in [2.45, 2.75) is 0 Å². The fourth-order valence-corrected chi connectivity index (χ4v) is 1.01. The van der Waals surface area contributed by atoms with Crippen LogP contribution in [-0.2, 0) is 11.8 Å². The number of rotatable bonds is 1. The number of hydrogen-bond donors (Lipinski definition) is 0. The van der Waals surface area contributed by atoms with Crippen molar-refractivity contribution in [3.05, 3.63) is 27.5 Å². The van der Waals surface area contributed by atoms with Gasteiger partial charge in [0.1, 0.15) is 5.02 Å². The zero-order chi connectivity index (χ0) is 10.7. The standard InChI is InChI=1S/C8H8ClNO4/c1-10-6(14-8(12)13-2)4-3-5(9)7(10)11/h3-4H,1-2H3. The molecule has 0 radical (unpaired) electrons. The van der Waals surface area contributed by atoms with Crippen molar-refractivity contribution >= 4 is 17.8 Å². The van der Waals surface area contributed by atoms with Gasteiger partial charge in [0, 0.05) is 13.1 Å². The molecule has 0 aliphatic heterocycles. The molecule has 0 aliphatic rings. The predicted molar refractivity (Wildman–Crippen MR) is 49.7 cm³/mol. The first-order valence-corrected chi connectivity index (χ1v) is 4.05. The highest BCUT2D eigenvalue weighted by molar-refractivity contribution is 6.30. The summed E-state index contributed by atoms with van der Waals surface area (Å²) in [6, 6.07) is 2.75. The Morgan fingerprint density at radius 2 is 2.14 bits per heavy atom. The van der Waals surface area contributed by atoms with Crippen LogP contribution in [0.15, 0.2) is 16.9 Å². The third kappa shape index (κ3) is 2.05. The molecule has 0 unspecified atom stereocenters. The van der Waals surface area contributed by atoms with Gasteiger partial charge in [-0.25, -0.2) is 4.79 Å². The van der Waals surface area contributed by atoms with Crippen molar-refractivity contribution in [2.75, 3.05) is 7.11 Å². The Labute approximate surface area is 84.8 Å². The van der Waals surface area contributed by atoms with Crippen molar-refractivity contribution in [2.24, 2.45) is 7.05 Å². The van der Waals surface area contributed by atoms with E-state index in [9.17, 15) is 9.59 Å². The number of nitrogens with zero attached hydrogens (tertiary/aromatic N) is 1. The van der Waals surface area contributed by atoms with Crippen LogP contribution in [0.3, 0.4) is 0 Å². The van der Waals surface area contributed by atoms with E-state index in [0.29, 0.717) is 0 Å². The highest BCUT2D eigenvalue weighted by Gasteiger charge is 2.09. The van der Waals surface area contributed by atoms with Crippen LogP contribution in [-0.4, -0.2) is 17.8 Å². The molecular weight excluding hydrogens is 210 g/mol. The van der Waals surface area contributed by atoms with Gasteiger partial charge in [0.05, 0.1) is 7.11 Å². The maximum absolute atomic E-state index is 11.3. The summed E-state index contributed by atoms with van der Waals surface area (Å²) in [6.45, 7) is 0. The van der Waals surface area contributed by atoms with E-state index in [4.69, 9.17) is 11.6 Å². The Morgan fingerprint density at radius 3 is 2.71 bits per heavy atom. The third-order valence-electron chi connectivity index (χ3n) is 1.57. The molecule has 14 heavy (non-hydrogen) atoms. The summed E-state index contributed by atoms with van der Waals surface area (Å²) in [7, 11) is 2.61. The van der Waals surface area contributed by atoms with Gasteiger partial charge in [-0.2, -0.15) is 0 Å². The molecule has 0 saturated heterocycles. The zero-order valence-electron chi connectivity index (χ0n) is 7.61. The molecule has 0 N–H and O–H groups in total. The van der Waals surface area contributed by atoms with Gasteiger partial charge in [-0.05, 0) is 6.07 Å². The minimum absolute atomic E-state index is 0.0599. The lowest BCUT2D eigenvalue weighted by atomic mass is 10.4. The van der Waals surface area contributed by atoms with Crippen molar-refractivity contribution in [1.29, 1.82) is 0 Å². The molecule has 0 aliphatic carbocycles. The summed E-state index contributed by atoms with van der Waals surface area (Å²) >= 11 is 5.55. The first-order chi connectivity index (χ1) is 6.56. The Morgan fingerprint density at radius 1 is 1.50 bits per heavy atom. The van der Waals surface area contributed by atoms with E-state index in [1.165, 1.54) is 26.3 Å². The monoisotopic (exact) mass is 217 g/mol. The maximum atomic E-state index is 11.3. The van der Waals surface area contributed by atoms with E-state index in [1.807, 2.05) is 0 Å². The lowest BCUT2D eigenvalue weighted by molar-refractivity contribution is 0.118. The number of hydrogen-bond acceptors (Lipinski definition) is 4. The molecule has 1 heterocycles. The van der Waals surface area contributed by atoms with E-state index in [2.05, 4.69) is 9.47 Å². The van der Waals surface area contributed by atoms with Crippen LogP contribution in [0.2, 0.25) is 5.02 Å². The molecule has 0 aromatic carbocycles. The fraction of sp³-hybridized carbons (Fsp3) is 0.250. The Hall–Kier alpha value is -1.49. The first-order valence-electron chi connectivity index (χ1n) is 3.67. The van der Waals surface area contributed by atoms with Crippen molar-refractivity contribution in [1.82, 2.24) is 4.57 Å². The second-order valence-electron chi connectivity index (χ2n) is 2.44. The Bertz CT molecular complexity index is 412. The molecule has 1 rings (SSSR count). The minimum Gasteiger partial charge on any atom is -0.437 e. The number of methoxy groups -OCH3 is 1. The van der Waals surface area contributed by atoms with Crippen LogP contribution >= 0.6 is 11.6 Å². The number of pyridine rings is 1. The van der Waals surface area contributed by atoms with Gasteiger partial charge in [0.25, 0.3) is 5.56 Å². The third-order valence-corrected chi connectivity index (χ3v) is 1.85. The Kier molecular flexibility index (Phi) is 3.14. The number of aromatic nitrogens is 1. The van der Waals surface area contributed by atoms with Crippen LogP contribution in [0.25, 0.3) is 0 Å². The van der Waals surface area contributed by atoms with Gasteiger partial charge in [0.2, 0.25) is 5.88 Å². The van der Waals surface area contributed by atoms with E-state index < -0.39 is 11.7 Å². The first kappa shape index (κ1) is 10.6. The lowest BCUT2D eigenvalue weighted by Crippen LogP contribution is -2.21. The van der Waals surface area contributed by atoms with Gasteiger partial charge >= 0.3 is 6.16 Å². The molecule has 1 aromatic heterocycles. The van der Waals surface area contributed by atoms with Gasteiger partial charge in [0.15, 0.2) is 0 Å². The summed E-state index contributed by atoms with van der Waals surface area (Å²) < 4.78 is 10.1. The van der Waals surface area contributed by atoms with Gasteiger partial charge in [-0.3, -0.25) is 9.36 Å². The largest absolute Gasteiger partial charge is 0.514 e. The predicted octanol–water partition coefficient (Wildman–Crippen LogP) is 1.18. The van der Waals surface area contributed by atoms with Gasteiger partial charge in [-0.1, -0.05) is 11.6 Å². The van der Waals surface area contributed by atoms with Gasteiger partial charge in [-0.15, -0.1) is 0 Å². The Balaban J connectivity index is 3.06. The molecule has 0 fully saturated rings. The molecule has 76 valence electrons. The van der Waals surface area contributed by atoms with Crippen molar-refractivity contribution in [3.8, 4) is 5.88 Å². The smallest absolute Gasteiger partial charge is 0.437 e. The topological polar surface area (TPSA) is 57.5 Å². The van der Waals surface area contributed by atoms with Crippen LogP contribution in [0.4, 0.5) is 4.79 Å². The summed E-state index contributed by atoms with van der Waals surface area (Å²) in [4.78, 5) is 22.0. The minimum atomic E-state index is -0.887. The molecule has 6 heteroatoms. The normalized spacial score (nSPS) is 9.64. The average molecular weight is 218 g/mol. The van der Waals surface area contributed by atoms with Crippen molar-refractivity contribution < 1.29 is 14.3 Å². The number of carbonyl (C=O) groups is 1. The zero-order valence-corrected chi connectivity index (χ0v) is 8.37. The second-order valence-corrected chi connectivity index (χ2v) is 2.85. The van der Waals surface area contributed by atoms with E-state index in [-0.39, 0.29) is 10.9 Å². The number of ether oxygens (including phenoxy) is 2. The molecular formula is C8H8ClNO4. The number of halogens is 1. The van der Waals surface area contributed by atoms with Gasteiger partial charge < -0.3 is 9.47 Å². The molecule has 0 spiro atoms. The van der Waals surface area contributed by atoms with E-state index in [1.54, 1.807) is 0 Å². The lowest BCUT2D eigenvalue weighted by Gasteiger charge is -2.06. The summed E-state index contributed by atoms with van der Waals surface area (Å²) in [5.41, 5.74) is -0.437. The summed E-state index contributed by atoms with van der Waals surface area (Å²) in [5, 5.41) is 0.0599.